The SMILES string of the molecule is CC(Cl)c1cc2ccccc2nc1Cl. The summed E-state index contributed by atoms with van der Waals surface area (Å²) in [6, 6.07) is 9.84. The molecule has 72 valence electrons. The van der Waals surface area contributed by atoms with Crippen molar-refractivity contribution in [2.45, 2.75) is 12.3 Å². The smallest absolute Gasteiger partial charge is 0.134 e. The molecule has 1 atom stereocenters. The van der Waals surface area contributed by atoms with Gasteiger partial charge in [0.25, 0.3) is 0 Å². The zero-order chi connectivity index (χ0) is 10.1. The molecule has 0 radical (unpaired) electrons. The van der Waals surface area contributed by atoms with Crippen molar-refractivity contribution < 1.29 is 0 Å². The Bertz CT molecular complexity index is 466. The van der Waals surface area contributed by atoms with Crippen molar-refractivity contribution in [1.29, 1.82) is 0 Å². The fraction of sp³-hybridized carbons (Fsp3) is 0.182. The Morgan fingerprint density at radius 3 is 2.71 bits per heavy atom. The molecule has 14 heavy (non-hydrogen) atoms. The summed E-state index contributed by atoms with van der Waals surface area (Å²) in [4.78, 5) is 4.28. The van der Waals surface area contributed by atoms with Gasteiger partial charge >= 0.3 is 0 Å². The second kappa shape index (κ2) is 3.76. The molecule has 3 heteroatoms. The molecule has 0 amide bonds. The minimum absolute atomic E-state index is 0.111. The topological polar surface area (TPSA) is 12.9 Å². The molecule has 1 nitrogen and oxygen atoms in total. The molecule has 2 rings (SSSR count). The zero-order valence-corrected chi connectivity index (χ0v) is 9.18. The molecular formula is C11H9Cl2N. The van der Waals surface area contributed by atoms with Crippen LogP contribution in [0.1, 0.15) is 17.9 Å². The van der Waals surface area contributed by atoms with Crippen molar-refractivity contribution >= 4 is 34.1 Å². The molecule has 0 bridgehead atoms. The van der Waals surface area contributed by atoms with E-state index in [-0.39, 0.29) is 5.38 Å². The molecule has 0 aliphatic rings. The van der Waals surface area contributed by atoms with E-state index in [4.69, 9.17) is 23.2 Å². The van der Waals surface area contributed by atoms with E-state index >= 15 is 0 Å². The van der Waals surface area contributed by atoms with Gasteiger partial charge in [-0.2, -0.15) is 0 Å². The lowest BCUT2D eigenvalue weighted by Crippen LogP contribution is -1.90. The van der Waals surface area contributed by atoms with Gasteiger partial charge < -0.3 is 0 Å². The highest BCUT2D eigenvalue weighted by Gasteiger charge is 2.08. The van der Waals surface area contributed by atoms with Crippen LogP contribution >= 0.6 is 23.2 Å². The predicted octanol–water partition coefficient (Wildman–Crippen LogP) is 4.19. The summed E-state index contributed by atoms with van der Waals surface area (Å²) < 4.78 is 0. The van der Waals surface area contributed by atoms with Gasteiger partial charge in [-0.05, 0) is 19.1 Å². The number of halogens is 2. The van der Waals surface area contributed by atoms with Crippen molar-refractivity contribution in [2.24, 2.45) is 0 Å². The maximum absolute atomic E-state index is 6.00. The molecule has 0 aliphatic heterocycles. The van der Waals surface area contributed by atoms with E-state index in [0.717, 1.165) is 16.5 Å². The molecule has 0 saturated heterocycles. The highest BCUT2D eigenvalue weighted by molar-refractivity contribution is 6.32. The van der Waals surface area contributed by atoms with E-state index < -0.39 is 0 Å². The second-order valence-corrected chi connectivity index (χ2v) is 4.19. The van der Waals surface area contributed by atoms with Gasteiger partial charge in [-0.3, -0.25) is 0 Å². The van der Waals surface area contributed by atoms with Crippen LogP contribution in [-0.4, -0.2) is 4.98 Å². The number of nitrogens with zero attached hydrogens (tertiary/aromatic N) is 1. The fourth-order valence-electron chi connectivity index (χ4n) is 1.39. The van der Waals surface area contributed by atoms with Crippen LogP contribution in [0.15, 0.2) is 30.3 Å². The molecule has 0 N–H and O–H groups in total. The van der Waals surface area contributed by atoms with Crippen LogP contribution in [0.3, 0.4) is 0 Å². The van der Waals surface area contributed by atoms with E-state index in [9.17, 15) is 0 Å². The first kappa shape index (κ1) is 9.75. The van der Waals surface area contributed by atoms with Crippen molar-refractivity contribution in [3.8, 4) is 0 Å². The normalized spacial score (nSPS) is 13.1. The number of aromatic nitrogens is 1. The second-order valence-electron chi connectivity index (χ2n) is 3.18. The highest BCUT2D eigenvalue weighted by atomic mass is 35.5. The maximum atomic E-state index is 6.00. The number of hydrogen-bond donors (Lipinski definition) is 0. The van der Waals surface area contributed by atoms with Gasteiger partial charge in [-0.1, -0.05) is 29.8 Å². The van der Waals surface area contributed by atoms with Crippen LogP contribution in [-0.2, 0) is 0 Å². The maximum Gasteiger partial charge on any atom is 0.134 e. The average molecular weight is 226 g/mol. The number of pyridine rings is 1. The lowest BCUT2D eigenvalue weighted by molar-refractivity contribution is 1.07. The molecule has 1 heterocycles. The largest absolute Gasteiger partial charge is 0.236 e. The van der Waals surface area contributed by atoms with Gasteiger partial charge in [0.05, 0.1) is 10.9 Å². The number of fused-ring (bicyclic) bond motifs is 1. The Morgan fingerprint density at radius 1 is 1.29 bits per heavy atom. The molecule has 1 aromatic carbocycles. The summed E-state index contributed by atoms with van der Waals surface area (Å²) in [6.45, 7) is 1.89. The summed E-state index contributed by atoms with van der Waals surface area (Å²) in [5.41, 5.74) is 1.78. The van der Waals surface area contributed by atoms with Gasteiger partial charge in [-0.25, -0.2) is 4.98 Å². The zero-order valence-electron chi connectivity index (χ0n) is 7.67. The van der Waals surface area contributed by atoms with Crippen LogP contribution in [0.4, 0.5) is 0 Å². The number of rotatable bonds is 1. The van der Waals surface area contributed by atoms with E-state index in [1.807, 2.05) is 37.3 Å². The monoisotopic (exact) mass is 225 g/mol. The highest BCUT2D eigenvalue weighted by Crippen LogP contribution is 2.28. The van der Waals surface area contributed by atoms with Crippen LogP contribution in [0.25, 0.3) is 10.9 Å². The van der Waals surface area contributed by atoms with Crippen LogP contribution in [0.2, 0.25) is 5.15 Å². The van der Waals surface area contributed by atoms with Gasteiger partial charge in [0.15, 0.2) is 0 Å². The Morgan fingerprint density at radius 2 is 2.00 bits per heavy atom. The van der Waals surface area contributed by atoms with Crippen molar-refractivity contribution in [3.63, 3.8) is 0 Å². The summed E-state index contributed by atoms with van der Waals surface area (Å²) in [5, 5.41) is 1.45. The summed E-state index contributed by atoms with van der Waals surface area (Å²) in [6.07, 6.45) is 0. The van der Waals surface area contributed by atoms with Gasteiger partial charge in [0, 0.05) is 10.9 Å². The van der Waals surface area contributed by atoms with E-state index in [0.29, 0.717) is 5.15 Å². The third-order valence-electron chi connectivity index (χ3n) is 2.13. The first-order valence-corrected chi connectivity index (χ1v) is 5.19. The number of para-hydroxylation sites is 1. The molecule has 0 fully saturated rings. The summed E-state index contributed by atoms with van der Waals surface area (Å²) in [5.74, 6) is 0. The third-order valence-corrected chi connectivity index (χ3v) is 2.67. The molecule has 1 unspecified atom stereocenters. The van der Waals surface area contributed by atoms with Crippen molar-refractivity contribution in [2.75, 3.05) is 0 Å². The average Bonchev–Trinajstić information content (AvgIpc) is 2.16. The molecular weight excluding hydrogens is 217 g/mol. The molecule has 1 aromatic heterocycles. The third kappa shape index (κ3) is 1.70. The number of benzene rings is 1. The quantitative estimate of drug-likeness (QED) is 0.524. The Balaban J connectivity index is 2.71. The van der Waals surface area contributed by atoms with Crippen molar-refractivity contribution in [3.05, 3.63) is 41.0 Å². The number of hydrogen-bond acceptors (Lipinski definition) is 1. The van der Waals surface area contributed by atoms with Gasteiger partial charge in [-0.15, -0.1) is 11.6 Å². The lowest BCUT2D eigenvalue weighted by atomic mass is 10.1. The first-order chi connectivity index (χ1) is 6.68. The Hall–Kier alpha value is -0.790. The fourth-order valence-corrected chi connectivity index (χ4v) is 1.92. The van der Waals surface area contributed by atoms with Crippen LogP contribution in [0.5, 0.6) is 0 Å². The lowest BCUT2D eigenvalue weighted by Gasteiger charge is -2.07. The summed E-state index contributed by atoms with van der Waals surface area (Å²) in [7, 11) is 0. The Labute approximate surface area is 92.7 Å². The number of alkyl halides is 1. The van der Waals surface area contributed by atoms with E-state index in [1.54, 1.807) is 0 Å². The van der Waals surface area contributed by atoms with Crippen molar-refractivity contribution in [1.82, 2.24) is 4.98 Å². The minimum Gasteiger partial charge on any atom is -0.236 e. The molecule has 0 saturated carbocycles. The predicted molar refractivity (Wildman–Crippen MR) is 61.0 cm³/mol. The minimum atomic E-state index is -0.111. The molecule has 0 aliphatic carbocycles. The van der Waals surface area contributed by atoms with Gasteiger partial charge in [0.1, 0.15) is 5.15 Å². The molecule has 0 spiro atoms. The van der Waals surface area contributed by atoms with E-state index in [1.165, 1.54) is 0 Å². The van der Waals surface area contributed by atoms with Crippen LogP contribution in [0, 0.1) is 0 Å². The molecule has 2 aromatic rings. The first-order valence-electron chi connectivity index (χ1n) is 4.38. The van der Waals surface area contributed by atoms with Gasteiger partial charge in [0.2, 0.25) is 0 Å². The summed E-state index contributed by atoms with van der Waals surface area (Å²) >= 11 is 12.0. The standard InChI is InChI=1S/C11H9Cl2N/c1-7(12)9-6-8-4-2-3-5-10(8)14-11(9)13/h2-7H,1H3. The Kier molecular flexibility index (Phi) is 2.62. The van der Waals surface area contributed by atoms with E-state index in [2.05, 4.69) is 4.98 Å². The van der Waals surface area contributed by atoms with Crippen LogP contribution < -0.4 is 0 Å².